The van der Waals surface area contributed by atoms with Gasteiger partial charge in [0.2, 0.25) is 0 Å². The summed E-state index contributed by atoms with van der Waals surface area (Å²) in [6.45, 7) is 1.98. The van der Waals surface area contributed by atoms with Crippen molar-refractivity contribution < 1.29 is 9.53 Å². The highest BCUT2D eigenvalue weighted by molar-refractivity contribution is 5.85. The molecule has 3 N–H and O–H groups in total. The van der Waals surface area contributed by atoms with Gasteiger partial charge in [-0.05, 0) is 38.1 Å². The summed E-state index contributed by atoms with van der Waals surface area (Å²) in [6.07, 6.45) is 1.38. The Hall–Kier alpha value is -1.92. The van der Waals surface area contributed by atoms with Gasteiger partial charge in [-0.15, -0.1) is 0 Å². The predicted molar refractivity (Wildman–Crippen MR) is 79.8 cm³/mol. The van der Waals surface area contributed by atoms with Crippen molar-refractivity contribution >= 4 is 16.9 Å². The number of aromatic nitrogens is 2. The molecule has 6 heteroatoms. The van der Waals surface area contributed by atoms with Crippen LogP contribution in [0.15, 0.2) is 24.3 Å². The number of nitrogens with zero attached hydrogens (tertiary/aromatic N) is 1. The number of imidazole rings is 1. The number of carbonyl (C=O) groups excluding carboxylic acids is 1. The number of fused-ring (bicyclic) bond motifs is 1. The molecule has 0 saturated carbocycles. The molecule has 1 aliphatic rings. The first-order chi connectivity index (χ1) is 10.2. The number of hydrogen-bond acceptors (Lipinski definition) is 4. The van der Waals surface area contributed by atoms with Crippen LogP contribution in [0.3, 0.4) is 0 Å². The number of rotatable bonds is 4. The quantitative estimate of drug-likeness (QED) is 0.782. The van der Waals surface area contributed by atoms with Crippen molar-refractivity contribution in [2.45, 2.75) is 25.0 Å². The number of piperidine rings is 1. The normalized spacial score (nSPS) is 17.8. The Labute approximate surface area is 123 Å². The first-order valence-corrected chi connectivity index (χ1v) is 7.21. The van der Waals surface area contributed by atoms with Gasteiger partial charge in [-0.25, -0.2) is 4.98 Å². The molecule has 0 aliphatic carbocycles. The van der Waals surface area contributed by atoms with Crippen LogP contribution in [0.5, 0.6) is 0 Å². The first kappa shape index (κ1) is 14.0. The van der Waals surface area contributed by atoms with Gasteiger partial charge in [-0.3, -0.25) is 4.79 Å². The fourth-order valence-corrected chi connectivity index (χ4v) is 2.77. The zero-order valence-electron chi connectivity index (χ0n) is 12.1. The number of ether oxygens (including phenoxy) is 1. The van der Waals surface area contributed by atoms with E-state index in [-0.39, 0.29) is 5.91 Å². The maximum Gasteiger partial charge on any atom is 0.252 e. The number of amides is 1. The Bertz CT molecular complexity index is 598. The molecule has 3 rings (SSSR count). The lowest BCUT2D eigenvalue weighted by molar-refractivity contribution is -0.146. The molecule has 0 spiro atoms. The van der Waals surface area contributed by atoms with E-state index in [1.54, 1.807) is 7.11 Å². The average Bonchev–Trinajstić information content (AvgIpc) is 2.96. The smallest absolute Gasteiger partial charge is 0.252 e. The van der Waals surface area contributed by atoms with Crippen LogP contribution in [0, 0.1) is 0 Å². The van der Waals surface area contributed by atoms with Crippen LogP contribution in [-0.2, 0) is 16.1 Å². The van der Waals surface area contributed by atoms with Gasteiger partial charge in [0.1, 0.15) is 11.4 Å². The minimum atomic E-state index is -0.711. The maximum absolute atomic E-state index is 12.4. The standard InChI is InChI=1S/C15H20N4O2/c1-21-15(6-8-16-9-7-15)14(20)17-10-13-18-11-4-2-3-5-12(11)19-13/h2-5,16H,6-10H2,1H3,(H,17,20)(H,18,19). The van der Waals surface area contributed by atoms with Crippen molar-refractivity contribution in [3.8, 4) is 0 Å². The summed E-state index contributed by atoms with van der Waals surface area (Å²) in [4.78, 5) is 20.1. The molecule has 0 bridgehead atoms. The van der Waals surface area contributed by atoms with E-state index in [0.717, 1.165) is 29.9 Å². The molecule has 0 unspecified atom stereocenters. The molecule has 1 saturated heterocycles. The molecular weight excluding hydrogens is 268 g/mol. The van der Waals surface area contributed by atoms with Crippen molar-refractivity contribution in [3.05, 3.63) is 30.1 Å². The third-order valence-electron chi connectivity index (χ3n) is 4.07. The largest absolute Gasteiger partial charge is 0.368 e. The van der Waals surface area contributed by atoms with Gasteiger partial charge in [0, 0.05) is 7.11 Å². The molecule has 1 amide bonds. The fraction of sp³-hybridized carbons (Fsp3) is 0.467. The van der Waals surface area contributed by atoms with Crippen LogP contribution >= 0.6 is 0 Å². The van der Waals surface area contributed by atoms with Crippen molar-refractivity contribution in [1.82, 2.24) is 20.6 Å². The zero-order valence-corrected chi connectivity index (χ0v) is 12.1. The summed E-state index contributed by atoms with van der Waals surface area (Å²) in [7, 11) is 1.60. The van der Waals surface area contributed by atoms with Gasteiger partial charge in [0.05, 0.1) is 17.6 Å². The third-order valence-corrected chi connectivity index (χ3v) is 4.07. The van der Waals surface area contributed by atoms with Crippen LogP contribution in [0.25, 0.3) is 11.0 Å². The Morgan fingerprint density at radius 1 is 1.38 bits per heavy atom. The average molecular weight is 288 g/mol. The minimum absolute atomic E-state index is 0.0630. The van der Waals surface area contributed by atoms with Gasteiger partial charge in [-0.1, -0.05) is 12.1 Å². The lowest BCUT2D eigenvalue weighted by Crippen LogP contribution is -2.54. The second-order valence-electron chi connectivity index (χ2n) is 5.33. The number of methoxy groups -OCH3 is 1. The minimum Gasteiger partial charge on any atom is -0.368 e. The molecule has 1 aliphatic heterocycles. The summed E-state index contributed by atoms with van der Waals surface area (Å²) in [5.41, 5.74) is 1.17. The highest BCUT2D eigenvalue weighted by Gasteiger charge is 2.39. The molecule has 0 atom stereocenters. The summed E-state index contributed by atoms with van der Waals surface area (Å²) < 4.78 is 5.51. The second-order valence-corrected chi connectivity index (χ2v) is 5.33. The van der Waals surface area contributed by atoms with E-state index in [1.165, 1.54) is 0 Å². The Kier molecular flexibility index (Phi) is 3.90. The number of H-pyrrole nitrogens is 1. The number of para-hydroxylation sites is 2. The molecule has 1 fully saturated rings. The predicted octanol–water partition coefficient (Wildman–Crippen LogP) is 0.948. The van der Waals surface area contributed by atoms with E-state index < -0.39 is 5.60 Å². The SMILES string of the molecule is COC1(C(=O)NCc2nc3ccccc3[nH]2)CCNCC1. The van der Waals surface area contributed by atoms with Crippen LogP contribution in [-0.4, -0.2) is 41.7 Å². The van der Waals surface area contributed by atoms with Crippen LogP contribution in [0.4, 0.5) is 0 Å². The molecule has 21 heavy (non-hydrogen) atoms. The molecule has 2 aromatic rings. The van der Waals surface area contributed by atoms with Gasteiger partial charge in [0.15, 0.2) is 0 Å². The molecule has 2 heterocycles. The number of hydrogen-bond donors (Lipinski definition) is 3. The Balaban J connectivity index is 1.67. The number of aromatic amines is 1. The van der Waals surface area contributed by atoms with E-state index in [2.05, 4.69) is 20.6 Å². The fourth-order valence-electron chi connectivity index (χ4n) is 2.77. The van der Waals surface area contributed by atoms with Crippen LogP contribution < -0.4 is 10.6 Å². The van der Waals surface area contributed by atoms with Gasteiger partial charge in [-0.2, -0.15) is 0 Å². The molecule has 1 aromatic carbocycles. The number of carbonyl (C=O) groups is 1. The topological polar surface area (TPSA) is 79.0 Å². The van der Waals surface area contributed by atoms with Crippen LogP contribution in [0.1, 0.15) is 18.7 Å². The third kappa shape index (κ3) is 2.77. The highest BCUT2D eigenvalue weighted by Crippen LogP contribution is 2.22. The first-order valence-electron chi connectivity index (χ1n) is 7.21. The van der Waals surface area contributed by atoms with Gasteiger partial charge < -0.3 is 20.4 Å². The van der Waals surface area contributed by atoms with E-state index >= 15 is 0 Å². The van der Waals surface area contributed by atoms with Gasteiger partial charge in [0.25, 0.3) is 5.91 Å². The molecular formula is C15H20N4O2. The van der Waals surface area contributed by atoms with E-state index in [0.29, 0.717) is 19.4 Å². The summed E-state index contributed by atoms with van der Waals surface area (Å²) in [6, 6.07) is 7.82. The Morgan fingerprint density at radius 3 is 2.86 bits per heavy atom. The van der Waals surface area contributed by atoms with E-state index in [9.17, 15) is 4.79 Å². The van der Waals surface area contributed by atoms with Crippen molar-refractivity contribution in [2.75, 3.05) is 20.2 Å². The van der Waals surface area contributed by atoms with Crippen molar-refractivity contribution in [2.24, 2.45) is 0 Å². The zero-order chi connectivity index (χ0) is 14.7. The van der Waals surface area contributed by atoms with E-state index in [4.69, 9.17) is 4.74 Å². The molecule has 112 valence electrons. The lowest BCUT2D eigenvalue weighted by Gasteiger charge is -2.34. The molecule has 6 nitrogen and oxygen atoms in total. The maximum atomic E-state index is 12.4. The number of nitrogens with one attached hydrogen (secondary N) is 3. The molecule has 1 aromatic heterocycles. The van der Waals surface area contributed by atoms with Crippen molar-refractivity contribution in [3.63, 3.8) is 0 Å². The highest BCUT2D eigenvalue weighted by atomic mass is 16.5. The Morgan fingerprint density at radius 2 is 2.14 bits per heavy atom. The van der Waals surface area contributed by atoms with Crippen LogP contribution in [0.2, 0.25) is 0 Å². The monoisotopic (exact) mass is 288 g/mol. The number of benzene rings is 1. The summed E-state index contributed by atoms with van der Waals surface area (Å²) in [5.74, 6) is 0.691. The lowest BCUT2D eigenvalue weighted by atomic mass is 9.91. The summed E-state index contributed by atoms with van der Waals surface area (Å²) >= 11 is 0. The molecule has 0 radical (unpaired) electrons. The summed E-state index contributed by atoms with van der Waals surface area (Å²) in [5, 5.41) is 6.18. The van der Waals surface area contributed by atoms with E-state index in [1.807, 2.05) is 24.3 Å². The van der Waals surface area contributed by atoms with Gasteiger partial charge >= 0.3 is 0 Å². The second kappa shape index (κ2) is 5.83. The van der Waals surface area contributed by atoms with Crippen molar-refractivity contribution in [1.29, 1.82) is 0 Å².